The molecule has 0 aromatic heterocycles. The predicted molar refractivity (Wildman–Crippen MR) is 211 cm³/mol. The topological polar surface area (TPSA) is 44.8 Å². The first kappa shape index (κ1) is 43.8. The van der Waals surface area contributed by atoms with E-state index in [-0.39, 0.29) is 7.43 Å². The third kappa shape index (κ3) is 19.1. The number of halogens is 1. The molecule has 2 heterocycles. The maximum atomic E-state index is 10.5. The van der Waals surface area contributed by atoms with Crippen LogP contribution >= 0.6 is 15.9 Å². The molecule has 6 heteroatoms. The summed E-state index contributed by atoms with van der Waals surface area (Å²) in [5.41, 5.74) is 5.98. The van der Waals surface area contributed by atoms with Gasteiger partial charge in [-0.2, -0.15) is 0 Å². The summed E-state index contributed by atoms with van der Waals surface area (Å²) in [7, 11) is 5.26. The molecule has 0 aliphatic carbocycles. The highest BCUT2D eigenvalue weighted by molar-refractivity contribution is 9.10. The minimum absolute atomic E-state index is 0. The van der Waals surface area contributed by atoms with Crippen LogP contribution in [-0.2, 0) is 27.1 Å². The van der Waals surface area contributed by atoms with Crippen LogP contribution < -0.4 is 0 Å². The number of benzene rings is 3. The van der Waals surface area contributed by atoms with Crippen LogP contribution in [0.25, 0.3) is 0 Å². The summed E-state index contributed by atoms with van der Waals surface area (Å²) in [4.78, 5) is 10.5. The molecule has 266 valence electrons. The van der Waals surface area contributed by atoms with E-state index in [2.05, 4.69) is 66.2 Å². The quantitative estimate of drug-likeness (QED) is 0.100. The summed E-state index contributed by atoms with van der Waals surface area (Å²) < 4.78 is 16.2. The van der Waals surface area contributed by atoms with Crippen LogP contribution in [0.5, 0.6) is 0 Å². The lowest BCUT2D eigenvalue weighted by Crippen LogP contribution is -2.34. The van der Waals surface area contributed by atoms with Gasteiger partial charge in [0.15, 0.2) is 0 Å². The molecule has 4 nitrogen and oxygen atoms in total. The van der Waals surface area contributed by atoms with Crippen LogP contribution in [-0.4, -0.2) is 54.1 Å². The molecule has 0 radical (unpaired) electrons. The van der Waals surface area contributed by atoms with Gasteiger partial charge < -0.3 is 14.2 Å². The number of rotatable bonds is 13. The molecule has 0 amide bonds. The second-order valence-corrected chi connectivity index (χ2v) is 13.9. The average Bonchev–Trinajstić information content (AvgIpc) is 3.06. The SMILES string of the molecule is C.COCCCB1C2CCCC1CCC2.COCCCc1cccc(C)c1.COCCCc1cccc(C=O)c1.Cc1cccc(Br)c1. The van der Waals surface area contributed by atoms with Gasteiger partial charge in [0.25, 0.3) is 0 Å². The molecule has 2 aliphatic rings. The van der Waals surface area contributed by atoms with E-state index in [0.29, 0.717) is 0 Å². The molecule has 3 aromatic carbocycles. The van der Waals surface area contributed by atoms with Crippen LogP contribution in [0.4, 0.5) is 0 Å². The van der Waals surface area contributed by atoms with Crippen LogP contribution in [0.1, 0.15) is 97.8 Å². The Kier molecular flexibility index (Phi) is 25.1. The number of fused-ring (bicyclic) bond motifs is 2. The van der Waals surface area contributed by atoms with Crippen molar-refractivity contribution < 1.29 is 19.0 Å². The molecule has 2 bridgehead atoms. The molecule has 0 saturated carbocycles. The lowest BCUT2D eigenvalue weighted by molar-refractivity contribution is 0.112. The van der Waals surface area contributed by atoms with E-state index in [1.807, 2.05) is 43.5 Å². The van der Waals surface area contributed by atoms with Crippen molar-refractivity contribution in [3.05, 3.63) is 105 Å². The summed E-state index contributed by atoms with van der Waals surface area (Å²) in [6.45, 7) is 7.85. The summed E-state index contributed by atoms with van der Waals surface area (Å²) in [6.07, 6.45) is 16.9. The number of carbonyl (C=O) groups is 1. The van der Waals surface area contributed by atoms with E-state index in [0.717, 1.165) is 80.2 Å². The van der Waals surface area contributed by atoms with Crippen molar-refractivity contribution in [1.82, 2.24) is 0 Å². The van der Waals surface area contributed by atoms with Crippen molar-refractivity contribution in [3.63, 3.8) is 0 Å². The van der Waals surface area contributed by atoms with E-state index in [1.165, 1.54) is 73.5 Å². The Morgan fingerprint density at radius 2 is 1.17 bits per heavy atom. The first-order valence-electron chi connectivity index (χ1n) is 17.7. The smallest absolute Gasteiger partial charge is 0.150 e. The van der Waals surface area contributed by atoms with Gasteiger partial charge in [-0.3, -0.25) is 4.79 Å². The molecular weight excluding hydrogens is 659 g/mol. The van der Waals surface area contributed by atoms with Crippen LogP contribution in [0.3, 0.4) is 0 Å². The Hall–Kier alpha value is -2.25. The molecule has 3 aromatic rings. The van der Waals surface area contributed by atoms with Gasteiger partial charge in [-0.25, -0.2) is 0 Å². The third-order valence-corrected chi connectivity index (χ3v) is 9.67. The van der Waals surface area contributed by atoms with Crippen molar-refractivity contribution in [3.8, 4) is 0 Å². The van der Waals surface area contributed by atoms with E-state index in [4.69, 9.17) is 14.2 Å². The molecule has 0 spiro atoms. The van der Waals surface area contributed by atoms with Gasteiger partial charge in [-0.15, -0.1) is 0 Å². The van der Waals surface area contributed by atoms with Crippen LogP contribution in [0.2, 0.25) is 18.0 Å². The molecule has 5 rings (SSSR count). The zero-order chi connectivity index (χ0) is 34.1. The largest absolute Gasteiger partial charge is 0.385 e. The normalized spacial score (nSPS) is 16.1. The maximum Gasteiger partial charge on any atom is 0.150 e. The van der Waals surface area contributed by atoms with E-state index in [1.54, 1.807) is 14.2 Å². The highest BCUT2D eigenvalue weighted by Crippen LogP contribution is 2.47. The van der Waals surface area contributed by atoms with Crippen molar-refractivity contribution in [2.45, 2.75) is 110 Å². The van der Waals surface area contributed by atoms with Crippen molar-refractivity contribution in [2.75, 3.05) is 41.2 Å². The summed E-state index contributed by atoms with van der Waals surface area (Å²) in [5, 5.41) is 0. The van der Waals surface area contributed by atoms with Crippen molar-refractivity contribution in [1.29, 1.82) is 0 Å². The van der Waals surface area contributed by atoms with E-state index in [9.17, 15) is 4.79 Å². The molecular formula is C42H64BBrO4. The highest BCUT2D eigenvalue weighted by Gasteiger charge is 2.38. The van der Waals surface area contributed by atoms with Gasteiger partial charge in [0.1, 0.15) is 13.0 Å². The molecule has 0 unspecified atom stereocenters. The Morgan fingerprint density at radius 1 is 0.688 bits per heavy atom. The fraction of sp³-hybridized carbons (Fsp3) is 0.548. The fourth-order valence-electron chi connectivity index (χ4n) is 6.89. The fourth-order valence-corrected chi connectivity index (χ4v) is 7.40. The van der Waals surface area contributed by atoms with Crippen LogP contribution in [0, 0.1) is 13.8 Å². The average molecular weight is 724 g/mol. The van der Waals surface area contributed by atoms with E-state index < -0.39 is 0 Å². The first-order valence-corrected chi connectivity index (χ1v) is 18.5. The zero-order valence-electron chi connectivity index (χ0n) is 29.9. The van der Waals surface area contributed by atoms with Gasteiger partial charge >= 0.3 is 0 Å². The summed E-state index contributed by atoms with van der Waals surface area (Å²) >= 11 is 3.36. The Labute approximate surface area is 303 Å². The molecule has 2 fully saturated rings. The second-order valence-electron chi connectivity index (χ2n) is 13.0. The van der Waals surface area contributed by atoms with Gasteiger partial charge in [0.2, 0.25) is 0 Å². The van der Waals surface area contributed by atoms with Crippen LogP contribution in [0.15, 0.2) is 77.3 Å². The number of aryl methyl sites for hydroxylation is 4. The Morgan fingerprint density at radius 3 is 1.62 bits per heavy atom. The van der Waals surface area contributed by atoms with Crippen molar-refractivity contribution in [2.24, 2.45) is 0 Å². The molecule has 0 N–H and O–H groups in total. The number of hydrogen-bond donors (Lipinski definition) is 0. The lowest BCUT2D eigenvalue weighted by Gasteiger charge is -2.40. The molecule has 2 saturated heterocycles. The molecule has 2 aliphatic heterocycles. The highest BCUT2D eigenvalue weighted by atomic mass is 79.9. The third-order valence-electron chi connectivity index (χ3n) is 9.17. The maximum absolute atomic E-state index is 10.5. The number of carbonyl (C=O) groups excluding carboxylic acids is 1. The lowest BCUT2D eigenvalue weighted by atomic mass is 9.26. The zero-order valence-corrected chi connectivity index (χ0v) is 31.4. The Bertz CT molecular complexity index is 1200. The molecule has 0 atom stereocenters. The standard InChI is InChI=1S/C12H23BO.C11H14O2.C11H16O.C7H7Br.CH4/c1-14-10-4-9-13-11-5-2-6-12(13)8-3-7-11;1-13-7-3-6-10-4-2-5-11(8-10)9-12;1-10-5-3-6-11(9-10)7-4-8-12-2;1-6-3-2-4-7(8)5-6;/h11-12H,2-10H2,1H3;2,4-5,8-9H,3,6-7H2,1H3;3,5-6,9H,4,7-8H2,1-2H3;2-5H,1H3;1H4. The van der Waals surface area contributed by atoms with Crippen molar-refractivity contribution >= 4 is 28.9 Å². The van der Waals surface area contributed by atoms with Gasteiger partial charge in [0, 0.05) is 51.2 Å². The minimum Gasteiger partial charge on any atom is -0.385 e. The molecule has 48 heavy (non-hydrogen) atoms. The van der Waals surface area contributed by atoms with Gasteiger partial charge in [-0.05, 0) is 75.3 Å². The summed E-state index contributed by atoms with van der Waals surface area (Å²) in [6, 6.07) is 24.5. The van der Waals surface area contributed by atoms with Gasteiger partial charge in [-0.1, -0.05) is 146 Å². The van der Waals surface area contributed by atoms with E-state index >= 15 is 0 Å². The monoisotopic (exact) mass is 722 g/mol. The Balaban J connectivity index is 0.000000323. The summed E-state index contributed by atoms with van der Waals surface area (Å²) in [5.74, 6) is 2.17. The first-order chi connectivity index (χ1) is 22.9. The number of aldehydes is 1. The number of methoxy groups -OCH3 is 3. The second kappa shape index (κ2) is 27.6. The predicted octanol–water partition coefficient (Wildman–Crippen LogP) is 11.7. The number of hydrogen-bond acceptors (Lipinski definition) is 4. The minimum atomic E-state index is 0. The van der Waals surface area contributed by atoms with Gasteiger partial charge in [0.05, 0.1) is 0 Å². The number of ether oxygens (including phenoxy) is 3.